The van der Waals surface area contributed by atoms with Crippen LogP contribution in [0.15, 0.2) is 24.3 Å². The predicted octanol–water partition coefficient (Wildman–Crippen LogP) is 2.08. The maximum Gasteiger partial charge on any atom is 0.212 e. The van der Waals surface area contributed by atoms with Gasteiger partial charge in [0.2, 0.25) is 10.0 Å². The molecule has 1 atom stereocenters. The van der Waals surface area contributed by atoms with Crippen LogP contribution in [0.25, 0.3) is 0 Å². The molecule has 0 fully saturated rings. The largest absolute Gasteiger partial charge is 0.497 e. The number of hydrogen-bond donors (Lipinski definition) is 1. The topological polar surface area (TPSA) is 69.4 Å². The molecule has 102 valence electrons. The van der Waals surface area contributed by atoms with E-state index in [0.717, 1.165) is 24.2 Å². The van der Waals surface area contributed by atoms with Gasteiger partial charge in [0.15, 0.2) is 0 Å². The van der Waals surface area contributed by atoms with E-state index < -0.39 is 15.3 Å². The summed E-state index contributed by atoms with van der Waals surface area (Å²) >= 11 is 0. The molecule has 0 aromatic heterocycles. The second-order valence-electron chi connectivity index (χ2n) is 4.41. The van der Waals surface area contributed by atoms with Gasteiger partial charge in [0.1, 0.15) is 5.75 Å². The van der Waals surface area contributed by atoms with Crippen molar-refractivity contribution in [1.82, 2.24) is 0 Å². The molecule has 2 N–H and O–H groups in total. The third-order valence-corrected chi connectivity index (χ3v) is 4.30. The Balaban J connectivity index is 2.75. The van der Waals surface area contributed by atoms with E-state index in [1.54, 1.807) is 7.11 Å². The fraction of sp³-hybridized carbons (Fsp3) is 0.538. The first-order valence-corrected chi connectivity index (χ1v) is 7.73. The average molecular weight is 271 g/mol. The van der Waals surface area contributed by atoms with Crippen LogP contribution in [0.2, 0.25) is 0 Å². The second kappa shape index (κ2) is 6.75. The zero-order valence-electron chi connectivity index (χ0n) is 10.9. The van der Waals surface area contributed by atoms with E-state index >= 15 is 0 Å². The summed E-state index contributed by atoms with van der Waals surface area (Å²) in [6, 6.07) is 7.41. The summed E-state index contributed by atoms with van der Waals surface area (Å²) in [5, 5.41) is 4.78. The summed E-state index contributed by atoms with van der Waals surface area (Å²) < 4.78 is 28.1. The Bertz CT molecular complexity index is 454. The first-order valence-electron chi connectivity index (χ1n) is 6.12. The van der Waals surface area contributed by atoms with Gasteiger partial charge in [0, 0.05) is 0 Å². The third-order valence-electron chi connectivity index (χ3n) is 2.97. The lowest BCUT2D eigenvalue weighted by Crippen LogP contribution is -2.30. The summed E-state index contributed by atoms with van der Waals surface area (Å²) in [6.45, 7) is 2.04. The third kappa shape index (κ3) is 4.66. The van der Waals surface area contributed by atoms with E-state index in [0.29, 0.717) is 12.8 Å². The smallest absolute Gasteiger partial charge is 0.212 e. The molecular formula is C13H21NO3S. The van der Waals surface area contributed by atoms with Crippen LogP contribution in [-0.2, 0) is 16.4 Å². The van der Waals surface area contributed by atoms with Crippen LogP contribution in [0.4, 0.5) is 0 Å². The summed E-state index contributed by atoms with van der Waals surface area (Å²) in [4.78, 5) is 0. The molecule has 5 heteroatoms. The lowest BCUT2D eigenvalue weighted by molar-refractivity contribution is 0.414. The molecule has 1 unspecified atom stereocenters. The fourth-order valence-electron chi connectivity index (χ4n) is 1.84. The molecule has 0 saturated heterocycles. The summed E-state index contributed by atoms with van der Waals surface area (Å²) in [7, 11) is -1.88. The maximum absolute atomic E-state index is 11.5. The van der Waals surface area contributed by atoms with Crippen LogP contribution in [0.1, 0.15) is 31.7 Å². The molecule has 0 aliphatic heterocycles. The molecular weight excluding hydrogens is 250 g/mol. The maximum atomic E-state index is 11.5. The highest BCUT2D eigenvalue weighted by atomic mass is 32.2. The number of primary sulfonamides is 1. The summed E-state index contributed by atoms with van der Waals surface area (Å²) in [5.41, 5.74) is 0.964. The van der Waals surface area contributed by atoms with Crippen molar-refractivity contribution in [2.24, 2.45) is 5.14 Å². The van der Waals surface area contributed by atoms with Crippen molar-refractivity contribution < 1.29 is 13.2 Å². The van der Waals surface area contributed by atoms with Gasteiger partial charge in [-0.1, -0.05) is 31.9 Å². The van der Waals surface area contributed by atoms with E-state index in [9.17, 15) is 8.42 Å². The SMILES string of the molecule is CCCCC(Cc1ccc(OC)cc1)S(N)(=O)=O. The number of sulfonamides is 1. The monoisotopic (exact) mass is 271 g/mol. The molecule has 0 radical (unpaired) electrons. The number of methoxy groups -OCH3 is 1. The molecule has 0 bridgehead atoms. The van der Waals surface area contributed by atoms with Gasteiger partial charge in [-0.3, -0.25) is 0 Å². The number of nitrogens with two attached hydrogens (primary N) is 1. The van der Waals surface area contributed by atoms with Gasteiger partial charge in [-0.05, 0) is 30.5 Å². The lowest BCUT2D eigenvalue weighted by Gasteiger charge is -2.14. The fourth-order valence-corrected chi connectivity index (χ4v) is 2.76. The molecule has 1 aromatic rings. The van der Waals surface area contributed by atoms with E-state index in [2.05, 4.69) is 0 Å². The minimum absolute atomic E-state index is 0.461. The Labute approximate surface area is 109 Å². The Kier molecular flexibility index (Phi) is 5.62. The highest BCUT2D eigenvalue weighted by Gasteiger charge is 2.21. The normalized spacial score (nSPS) is 13.3. The van der Waals surface area contributed by atoms with Gasteiger partial charge in [0.25, 0.3) is 0 Å². The van der Waals surface area contributed by atoms with Crippen molar-refractivity contribution in [3.05, 3.63) is 29.8 Å². The zero-order chi connectivity index (χ0) is 13.6. The number of benzene rings is 1. The minimum Gasteiger partial charge on any atom is -0.497 e. The molecule has 0 spiro atoms. The van der Waals surface area contributed by atoms with Crippen LogP contribution in [0.5, 0.6) is 5.75 Å². The molecule has 0 aliphatic rings. The first kappa shape index (κ1) is 15.0. The molecule has 0 heterocycles. The number of ether oxygens (including phenoxy) is 1. The van der Waals surface area contributed by atoms with Crippen molar-refractivity contribution in [1.29, 1.82) is 0 Å². The lowest BCUT2D eigenvalue weighted by atomic mass is 10.1. The standard InChI is InChI=1S/C13H21NO3S/c1-3-4-5-13(18(14,15)16)10-11-6-8-12(17-2)9-7-11/h6-9,13H,3-5,10H2,1-2H3,(H2,14,15,16). The van der Waals surface area contributed by atoms with Crippen molar-refractivity contribution >= 4 is 10.0 Å². The average Bonchev–Trinajstić information content (AvgIpc) is 2.34. The highest BCUT2D eigenvalue weighted by molar-refractivity contribution is 7.89. The molecule has 0 amide bonds. The summed E-state index contributed by atoms with van der Waals surface area (Å²) in [6.07, 6.45) is 2.91. The van der Waals surface area contributed by atoms with Crippen LogP contribution in [0.3, 0.4) is 0 Å². The van der Waals surface area contributed by atoms with Crippen LogP contribution in [-0.4, -0.2) is 20.8 Å². The quantitative estimate of drug-likeness (QED) is 0.825. The van der Waals surface area contributed by atoms with Gasteiger partial charge in [-0.2, -0.15) is 0 Å². The number of rotatable bonds is 7. The molecule has 4 nitrogen and oxygen atoms in total. The van der Waals surface area contributed by atoms with Gasteiger partial charge in [-0.25, -0.2) is 13.6 Å². The molecule has 0 saturated carbocycles. The molecule has 0 aliphatic carbocycles. The van der Waals surface area contributed by atoms with Crippen LogP contribution in [0, 0.1) is 0 Å². The van der Waals surface area contributed by atoms with Gasteiger partial charge in [0.05, 0.1) is 12.4 Å². The Hall–Kier alpha value is -1.07. The van der Waals surface area contributed by atoms with Gasteiger partial charge in [-0.15, -0.1) is 0 Å². The van der Waals surface area contributed by atoms with E-state index in [1.807, 2.05) is 31.2 Å². The van der Waals surface area contributed by atoms with Crippen molar-refractivity contribution in [2.75, 3.05) is 7.11 Å². The molecule has 1 rings (SSSR count). The van der Waals surface area contributed by atoms with E-state index in [1.165, 1.54) is 0 Å². The molecule has 1 aromatic carbocycles. The van der Waals surface area contributed by atoms with Crippen molar-refractivity contribution in [2.45, 2.75) is 37.9 Å². The van der Waals surface area contributed by atoms with Crippen LogP contribution >= 0.6 is 0 Å². The molecule has 18 heavy (non-hydrogen) atoms. The van der Waals surface area contributed by atoms with E-state index in [4.69, 9.17) is 9.88 Å². The van der Waals surface area contributed by atoms with Crippen LogP contribution < -0.4 is 9.88 Å². The Morgan fingerprint density at radius 3 is 2.33 bits per heavy atom. The first-order chi connectivity index (χ1) is 8.47. The van der Waals surface area contributed by atoms with Gasteiger partial charge < -0.3 is 4.74 Å². The number of hydrogen-bond acceptors (Lipinski definition) is 3. The Morgan fingerprint density at radius 1 is 1.28 bits per heavy atom. The predicted molar refractivity (Wildman–Crippen MR) is 73.1 cm³/mol. The second-order valence-corrected chi connectivity index (χ2v) is 6.25. The van der Waals surface area contributed by atoms with Crippen molar-refractivity contribution in [3.63, 3.8) is 0 Å². The van der Waals surface area contributed by atoms with E-state index in [-0.39, 0.29) is 0 Å². The minimum atomic E-state index is -3.48. The summed E-state index contributed by atoms with van der Waals surface area (Å²) in [5.74, 6) is 0.763. The Morgan fingerprint density at radius 2 is 1.89 bits per heavy atom. The zero-order valence-corrected chi connectivity index (χ0v) is 11.7. The van der Waals surface area contributed by atoms with Crippen molar-refractivity contribution in [3.8, 4) is 5.75 Å². The van der Waals surface area contributed by atoms with Gasteiger partial charge >= 0.3 is 0 Å². The highest BCUT2D eigenvalue weighted by Crippen LogP contribution is 2.17. The number of unbranched alkanes of at least 4 members (excludes halogenated alkanes) is 1.